The monoisotopic (exact) mass is 737 g/mol. The molecule has 0 aromatic heterocycles. The fourth-order valence-corrected chi connectivity index (χ4v) is 7.34. The first kappa shape index (κ1) is 29.8. The largest absolute Gasteiger partial charge is 0.280 e. The van der Waals surface area contributed by atoms with Crippen LogP contribution in [0.2, 0.25) is 5.02 Å². The number of nitrogens with one attached hydrogen (secondary N) is 1. The Balaban J connectivity index is 1.37. The zero-order chi connectivity index (χ0) is 30.1. The van der Waals surface area contributed by atoms with Crippen LogP contribution < -0.4 is 4.72 Å². The normalized spacial score (nSPS) is 19.2. The number of hydrogen-bond acceptors (Lipinski definition) is 4. The molecule has 1 amide bonds. The molecule has 0 radical (unpaired) electrons. The topological polar surface area (TPSA) is 78.8 Å². The van der Waals surface area contributed by atoms with E-state index >= 15 is 0 Å². The van der Waals surface area contributed by atoms with Crippen LogP contribution >= 0.6 is 43.5 Å². The van der Waals surface area contributed by atoms with Gasteiger partial charge in [-0.3, -0.25) is 9.52 Å². The number of halogens is 3. The first-order valence-electron chi connectivity index (χ1n) is 13.7. The van der Waals surface area contributed by atoms with Gasteiger partial charge in [-0.05, 0) is 109 Å². The van der Waals surface area contributed by atoms with Crippen molar-refractivity contribution in [1.29, 1.82) is 0 Å². The number of amides is 1. The van der Waals surface area contributed by atoms with E-state index in [-0.39, 0.29) is 28.3 Å². The molecule has 10 heteroatoms. The molecule has 1 aliphatic carbocycles. The van der Waals surface area contributed by atoms with Gasteiger partial charge < -0.3 is 0 Å². The fourth-order valence-electron chi connectivity index (χ4n) is 5.58. The fraction of sp³-hybridized carbons (Fsp3) is 0.152. The van der Waals surface area contributed by atoms with E-state index in [1.807, 2.05) is 36.4 Å². The molecule has 218 valence electrons. The van der Waals surface area contributed by atoms with Crippen LogP contribution in [0.15, 0.2) is 122 Å². The van der Waals surface area contributed by atoms with Gasteiger partial charge in [-0.2, -0.15) is 5.10 Å². The summed E-state index contributed by atoms with van der Waals surface area (Å²) in [5.41, 5.74) is 4.66. The van der Waals surface area contributed by atoms with Crippen LogP contribution in [0, 0.1) is 5.92 Å². The van der Waals surface area contributed by atoms with Crippen molar-refractivity contribution >= 4 is 76.9 Å². The van der Waals surface area contributed by atoms with Crippen molar-refractivity contribution in [3.05, 3.63) is 133 Å². The van der Waals surface area contributed by atoms with Crippen LogP contribution in [-0.4, -0.2) is 25.0 Å². The molecule has 1 fully saturated rings. The van der Waals surface area contributed by atoms with E-state index < -0.39 is 10.0 Å². The quantitative estimate of drug-likeness (QED) is 0.214. The van der Waals surface area contributed by atoms with Gasteiger partial charge in [0.2, 0.25) is 0 Å². The van der Waals surface area contributed by atoms with Crippen LogP contribution in [0.25, 0.3) is 6.08 Å². The molecule has 2 atom stereocenters. The summed E-state index contributed by atoms with van der Waals surface area (Å²) in [7, 11) is -3.96. The second-order valence-electron chi connectivity index (χ2n) is 10.5. The van der Waals surface area contributed by atoms with Crippen molar-refractivity contribution in [1.82, 2.24) is 5.01 Å². The smallest absolute Gasteiger partial charge is 0.274 e. The molecule has 1 aliphatic heterocycles. The SMILES string of the molecule is O=C(c1cccc(S(=O)(=O)Nc2ccc(Cl)cc2)c1)N1N=C2/C(=C\c3ccc(Br)cc3)CCCC2C1c1ccc(Br)cc1. The molecule has 2 unspecified atom stereocenters. The summed E-state index contributed by atoms with van der Waals surface area (Å²) < 4.78 is 31.0. The Labute approximate surface area is 272 Å². The Kier molecular flexibility index (Phi) is 8.60. The van der Waals surface area contributed by atoms with Crippen LogP contribution in [0.5, 0.6) is 0 Å². The molecule has 1 N–H and O–H groups in total. The van der Waals surface area contributed by atoms with E-state index in [9.17, 15) is 13.2 Å². The van der Waals surface area contributed by atoms with Crippen molar-refractivity contribution in [3.8, 4) is 0 Å². The number of hydrazone groups is 1. The lowest BCUT2D eigenvalue weighted by Crippen LogP contribution is -2.32. The standard InChI is InChI=1S/C33H26Br2ClN3O3S/c34-25-11-7-21(8-12-25)19-23-3-2-6-30-31(23)37-39(32(30)22-9-13-26(35)14-10-22)33(40)24-4-1-5-29(20-24)43(41,42)38-28-17-15-27(36)16-18-28/h1,4-5,7-20,30,32,38H,2-3,6H2/b23-19-. The molecule has 6 nitrogen and oxygen atoms in total. The average molecular weight is 740 g/mol. The van der Waals surface area contributed by atoms with E-state index in [1.54, 1.807) is 41.4 Å². The molecule has 43 heavy (non-hydrogen) atoms. The van der Waals surface area contributed by atoms with Crippen molar-refractivity contribution in [2.24, 2.45) is 11.0 Å². The van der Waals surface area contributed by atoms with Crippen LogP contribution in [-0.2, 0) is 10.0 Å². The third-order valence-corrected chi connectivity index (χ3v) is 10.3. The average Bonchev–Trinajstić information content (AvgIpc) is 3.40. The minimum absolute atomic E-state index is 0.0130. The summed E-state index contributed by atoms with van der Waals surface area (Å²) in [5, 5.41) is 7.01. The number of fused-ring (bicyclic) bond motifs is 1. The van der Waals surface area contributed by atoms with E-state index in [4.69, 9.17) is 16.7 Å². The van der Waals surface area contributed by atoms with Gasteiger partial charge in [0.25, 0.3) is 15.9 Å². The third-order valence-electron chi connectivity index (χ3n) is 7.62. The summed E-state index contributed by atoms with van der Waals surface area (Å²) in [6.45, 7) is 0. The molecular formula is C33H26Br2ClN3O3S. The molecule has 0 spiro atoms. The predicted octanol–water partition coefficient (Wildman–Crippen LogP) is 9.10. The van der Waals surface area contributed by atoms with Gasteiger partial charge in [0.1, 0.15) is 0 Å². The van der Waals surface area contributed by atoms with Gasteiger partial charge in [0.15, 0.2) is 0 Å². The van der Waals surface area contributed by atoms with Gasteiger partial charge in [0, 0.05) is 31.1 Å². The Bertz CT molecular complexity index is 1840. The number of anilines is 1. The van der Waals surface area contributed by atoms with Gasteiger partial charge >= 0.3 is 0 Å². The number of sulfonamides is 1. The number of hydrogen-bond donors (Lipinski definition) is 1. The van der Waals surface area contributed by atoms with Crippen LogP contribution in [0.3, 0.4) is 0 Å². The number of carbonyl (C=O) groups excluding carboxylic acids is 1. The van der Waals surface area contributed by atoms with E-state index in [2.05, 4.69) is 54.8 Å². The highest BCUT2D eigenvalue weighted by atomic mass is 79.9. The lowest BCUT2D eigenvalue weighted by molar-refractivity contribution is 0.0680. The van der Waals surface area contributed by atoms with Gasteiger partial charge in [-0.25, -0.2) is 13.4 Å². The van der Waals surface area contributed by atoms with E-state index in [0.717, 1.165) is 50.6 Å². The maximum Gasteiger partial charge on any atom is 0.274 e. The summed E-state index contributed by atoms with van der Waals surface area (Å²) >= 11 is 13.0. The molecule has 2 aliphatic rings. The van der Waals surface area contributed by atoms with E-state index in [1.165, 1.54) is 12.1 Å². The zero-order valence-corrected chi connectivity index (χ0v) is 27.5. The minimum Gasteiger partial charge on any atom is -0.280 e. The Morgan fingerprint density at radius 1 is 0.930 bits per heavy atom. The Morgan fingerprint density at radius 2 is 1.60 bits per heavy atom. The summed E-state index contributed by atoms with van der Waals surface area (Å²) in [5.74, 6) is -0.347. The van der Waals surface area contributed by atoms with Crippen molar-refractivity contribution in [2.75, 3.05) is 4.72 Å². The highest BCUT2D eigenvalue weighted by Crippen LogP contribution is 2.45. The van der Waals surface area contributed by atoms with Gasteiger partial charge in [0.05, 0.1) is 16.6 Å². The zero-order valence-electron chi connectivity index (χ0n) is 22.8. The number of rotatable bonds is 6. The van der Waals surface area contributed by atoms with E-state index in [0.29, 0.717) is 10.7 Å². The first-order valence-corrected chi connectivity index (χ1v) is 17.2. The number of allylic oxidation sites excluding steroid dienone is 1. The summed E-state index contributed by atoms with van der Waals surface area (Å²) in [6, 6.07) is 28.2. The molecule has 4 aromatic rings. The first-order chi connectivity index (χ1) is 20.7. The number of nitrogens with zero attached hydrogens (tertiary/aromatic N) is 2. The van der Waals surface area contributed by atoms with Crippen molar-refractivity contribution < 1.29 is 13.2 Å². The van der Waals surface area contributed by atoms with Gasteiger partial charge in [-0.1, -0.05) is 73.8 Å². The highest BCUT2D eigenvalue weighted by Gasteiger charge is 2.44. The van der Waals surface area contributed by atoms with Crippen molar-refractivity contribution in [2.45, 2.75) is 30.2 Å². The maximum absolute atomic E-state index is 14.2. The Morgan fingerprint density at radius 3 is 2.30 bits per heavy atom. The molecular weight excluding hydrogens is 714 g/mol. The van der Waals surface area contributed by atoms with Crippen LogP contribution in [0.1, 0.15) is 46.8 Å². The minimum atomic E-state index is -3.96. The molecule has 0 bridgehead atoms. The van der Waals surface area contributed by atoms with Gasteiger partial charge in [-0.15, -0.1) is 0 Å². The molecule has 6 rings (SSSR count). The number of benzene rings is 4. The predicted molar refractivity (Wildman–Crippen MR) is 179 cm³/mol. The molecule has 0 saturated heterocycles. The second-order valence-corrected chi connectivity index (χ2v) is 14.4. The Hall–Kier alpha value is -3.24. The molecule has 1 saturated carbocycles. The lowest BCUT2D eigenvalue weighted by Gasteiger charge is -2.29. The molecule has 4 aromatic carbocycles. The summed E-state index contributed by atoms with van der Waals surface area (Å²) in [6.07, 6.45) is 4.88. The third kappa shape index (κ3) is 6.50. The van der Waals surface area contributed by atoms with Crippen molar-refractivity contribution in [3.63, 3.8) is 0 Å². The second kappa shape index (κ2) is 12.4. The number of carbonyl (C=O) groups is 1. The summed E-state index contributed by atoms with van der Waals surface area (Å²) in [4.78, 5) is 14.2. The maximum atomic E-state index is 14.2. The molecule has 1 heterocycles. The van der Waals surface area contributed by atoms with Crippen LogP contribution in [0.4, 0.5) is 5.69 Å². The highest BCUT2D eigenvalue weighted by molar-refractivity contribution is 9.10. The lowest BCUT2D eigenvalue weighted by atomic mass is 9.77.